The van der Waals surface area contributed by atoms with Crippen molar-refractivity contribution in [3.63, 3.8) is 0 Å². The summed E-state index contributed by atoms with van der Waals surface area (Å²) in [5.41, 5.74) is 0.150. The monoisotopic (exact) mass is 316 g/mol. The van der Waals surface area contributed by atoms with Crippen LogP contribution < -0.4 is 5.56 Å². The molecule has 1 aliphatic rings. The average molecular weight is 316 g/mol. The number of nitrogens with one attached hydrogen (secondary N) is 1. The van der Waals surface area contributed by atoms with Gasteiger partial charge in [0.15, 0.2) is 0 Å². The van der Waals surface area contributed by atoms with E-state index in [1.54, 1.807) is 6.07 Å². The van der Waals surface area contributed by atoms with E-state index in [1.807, 2.05) is 0 Å². The van der Waals surface area contributed by atoms with Crippen molar-refractivity contribution in [2.75, 3.05) is 6.54 Å². The highest BCUT2D eigenvalue weighted by molar-refractivity contribution is 5.94. The summed E-state index contributed by atoms with van der Waals surface area (Å²) in [5, 5.41) is 10.3. The minimum absolute atomic E-state index is 0.0391. The second kappa shape index (κ2) is 6.34. The van der Waals surface area contributed by atoms with Gasteiger partial charge in [-0.1, -0.05) is 12.1 Å². The van der Waals surface area contributed by atoms with E-state index in [4.69, 9.17) is 0 Å². The second-order valence-corrected chi connectivity index (χ2v) is 5.67. The van der Waals surface area contributed by atoms with Crippen LogP contribution >= 0.6 is 0 Å². The first-order valence-electron chi connectivity index (χ1n) is 7.48. The van der Waals surface area contributed by atoms with Gasteiger partial charge in [-0.3, -0.25) is 9.59 Å². The third-order valence-corrected chi connectivity index (χ3v) is 3.92. The molecule has 6 heteroatoms. The van der Waals surface area contributed by atoms with Gasteiger partial charge in [0.1, 0.15) is 11.4 Å². The molecule has 1 atom stereocenters. The molecule has 0 aliphatic heterocycles. The highest BCUT2D eigenvalue weighted by Gasteiger charge is 2.35. The van der Waals surface area contributed by atoms with E-state index < -0.39 is 17.6 Å². The summed E-state index contributed by atoms with van der Waals surface area (Å²) in [5.74, 6) is -0.776. The Bertz CT molecular complexity index is 753. The van der Waals surface area contributed by atoms with Crippen molar-refractivity contribution in [1.82, 2.24) is 9.88 Å². The van der Waals surface area contributed by atoms with Crippen molar-refractivity contribution in [2.24, 2.45) is 0 Å². The second-order valence-electron chi connectivity index (χ2n) is 5.67. The third kappa shape index (κ3) is 3.48. The number of pyridine rings is 1. The average Bonchev–Trinajstić information content (AvgIpc) is 3.37. The Morgan fingerprint density at radius 2 is 2.00 bits per heavy atom. The van der Waals surface area contributed by atoms with Crippen LogP contribution in [0.5, 0.6) is 0 Å². The van der Waals surface area contributed by atoms with E-state index in [0.717, 1.165) is 12.8 Å². The van der Waals surface area contributed by atoms with Gasteiger partial charge in [-0.05, 0) is 42.7 Å². The van der Waals surface area contributed by atoms with Crippen molar-refractivity contribution < 1.29 is 14.3 Å². The Balaban J connectivity index is 1.79. The van der Waals surface area contributed by atoms with Gasteiger partial charge in [-0.2, -0.15) is 0 Å². The van der Waals surface area contributed by atoms with Gasteiger partial charge in [-0.25, -0.2) is 4.39 Å². The van der Waals surface area contributed by atoms with Gasteiger partial charge in [0.25, 0.3) is 11.5 Å². The lowest BCUT2D eigenvalue weighted by atomic mass is 10.1. The number of hydrogen-bond donors (Lipinski definition) is 2. The molecule has 0 spiro atoms. The molecule has 5 nitrogen and oxygen atoms in total. The van der Waals surface area contributed by atoms with Gasteiger partial charge in [0.2, 0.25) is 0 Å². The molecule has 0 radical (unpaired) electrons. The maximum atomic E-state index is 13.0. The van der Waals surface area contributed by atoms with Crippen LogP contribution in [0.4, 0.5) is 4.39 Å². The molecule has 0 saturated heterocycles. The van der Waals surface area contributed by atoms with Gasteiger partial charge < -0.3 is 15.0 Å². The number of aliphatic hydroxyl groups excluding tert-OH is 1. The van der Waals surface area contributed by atoms with Crippen LogP contribution in [0, 0.1) is 5.82 Å². The van der Waals surface area contributed by atoms with Crippen molar-refractivity contribution >= 4 is 5.91 Å². The smallest absolute Gasteiger partial charge is 0.260 e. The number of halogens is 1. The molecule has 1 aliphatic carbocycles. The summed E-state index contributed by atoms with van der Waals surface area (Å²) < 4.78 is 13.0. The van der Waals surface area contributed by atoms with E-state index in [0.29, 0.717) is 5.56 Å². The largest absolute Gasteiger partial charge is 0.387 e. The van der Waals surface area contributed by atoms with Crippen molar-refractivity contribution in [3.8, 4) is 0 Å². The summed E-state index contributed by atoms with van der Waals surface area (Å²) in [4.78, 5) is 28.4. The summed E-state index contributed by atoms with van der Waals surface area (Å²) in [6, 6.07) is 8.62. The SMILES string of the molecule is O=C(c1ccc[nH]c1=O)N(CC(O)c1ccc(F)cc1)C1CC1. The van der Waals surface area contributed by atoms with E-state index in [1.165, 1.54) is 41.4 Å². The van der Waals surface area contributed by atoms with Crippen LogP contribution in [0.15, 0.2) is 47.4 Å². The Kier molecular flexibility index (Phi) is 4.25. The summed E-state index contributed by atoms with van der Waals surface area (Å²) >= 11 is 0. The molecular weight excluding hydrogens is 299 g/mol. The summed E-state index contributed by atoms with van der Waals surface area (Å²) in [6.45, 7) is 0.0729. The first-order chi connectivity index (χ1) is 11.1. The molecule has 2 N–H and O–H groups in total. The van der Waals surface area contributed by atoms with Gasteiger partial charge in [0, 0.05) is 12.2 Å². The van der Waals surface area contributed by atoms with Crippen molar-refractivity contribution in [1.29, 1.82) is 0 Å². The maximum Gasteiger partial charge on any atom is 0.260 e. The highest BCUT2D eigenvalue weighted by atomic mass is 19.1. The quantitative estimate of drug-likeness (QED) is 0.884. The normalized spacial score (nSPS) is 15.2. The number of aromatic nitrogens is 1. The lowest BCUT2D eigenvalue weighted by Gasteiger charge is -2.25. The third-order valence-electron chi connectivity index (χ3n) is 3.92. The van der Waals surface area contributed by atoms with Crippen LogP contribution in [-0.4, -0.2) is 33.5 Å². The van der Waals surface area contributed by atoms with Crippen molar-refractivity contribution in [3.05, 3.63) is 69.9 Å². The number of amides is 1. The van der Waals surface area contributed by atoms with Crippen LogP contribution in [0.3, 0.4) is 0 Å². The molecule has 1 unspecified atom stereocenters. The van der Waals surface area contributed by atoms with Crippen molar-refractivity contribution in [2.45, 2.75) is 25.0 Å². The number of hydrogen-bond acceptors (Lipinski definition) is 3. The molecule has 1 fully saturated rings. The van der Waals surface area contributed by atoms with Crippen LogP contribution in [0.25, 0.3) is 0 Å². The van der Waals surface area contributed by atoms with Crippen LogP contribution in [-0.2, 0) is 0 Å². The maximum absolute atomic E-state index is 13.0. The van der Waals surface area contributed by atoms with Crippen LogP contribution in [0.1, 0.15) is 34.9 Å². The molecule has 1 heterocycles. The van der Waals surface area contributed by atoms with Gasteiger partial charge in [-0.15, -0.1) is 0 Å². The summed E-state index contributed by atoms with van der Waals surface area (Å²) in [6.07, 6.45) is 2.25. The molecular formula is C17H17FN2O3. The first-order valence-corrected chi connectivity index (χ1v) is 7.48. The molecule has 1 aromatic carbocycles. The molecule has 2 aromatic rings. The standard InChI is InChI=1S/C17H17FN2O3/c18-12-5-3-11(4-6-12)15(21)10-20(13-7-8-13)17(23)14-2-1-9-19-16(14)22/h1-6,9,13,15,21H,7-8,10H2,(H,19,22). The minimum Gasteiger partial charge on any atom is -0.387 e. The molecule has 3 rings (SSSR count). The Hall–Kier alpha value is -2.47. The number of nitrogens with zero attached hydrogens (tertiary/aromatic N) is 1. The lowest BCUT2D eigenvalue weighted by molar-refractivity contribution is 0.0601. The molecule has 1 amide bonds. The zero-order chi connectivity index (χ0) is 16.4. The fourth-order valence-electron chi connectivity index (χ4n) is 2.51. The Morgan fingerprint density at radius 1 is 1.30 bits per heavy atom. The zero-order valence-electron chi connectivity index (χ0n) is 12.4. The Morgan fingerprint density at radius 3 is 2.61 bits per heavy atom. The van der Waals surface area contributed by atoms with E-state index in [2.05, 4.69) is 4.98 Å². The number of H-pyrrole nitrogens is 1. The van der Waals surface area contributed by atoms with E-state index in [9.17, 15) is 19.1 Å². The highest BCUT2D eigenvalue weighted by Crippen LogP contribution is 2.30. The predicted octanol–water partition coefficient (Wildman–Crippen LogP) is 1.85. The number of aromatic amines is 1. The predicted molar refractivity (Wildman–Crippen MR) is 82.5 cm³/mol. The van der Waals surface area contributed by atoms with E-state index in [-0.39, 0.29) is 24.0 Å². The number of benzene rings is 1. The topological polar surface area (TPSA) is 73.4 Å². The number of rotatable bonds is 5. The minimum atomic E-state index is -0.928. The summed E-state index contributed by atoms with van der Waals surface area (Å²) in [7, 11) is 0. The fraction of sp³-hybridized carbons (Fsp3) is 0.294. The van der Waals surface area contributed by atoms with Gasteiger partial charge >= 0.3 is 0 Å². The number of carbonyl (C=O) groups excluding carboxylic acids is 1. The fourth-order valence-corrected chi connectivity index (χ4v) is 2.51. The van der Waals surface area contributed by atoms with E-state index >= 15 is 0 Å². The zero-order valence-corrected chi connectivity index (χ0v) is 12.4. The molecule has 1 saturated carbocycles. The van der Waals surface area contributed by atoms with Gasteiger partial charge in [0.05, 0.1) is 12.6 Å². The molecule has 0 bridgehead atoms. The molecule has 1 aromatic heterocycles. The number of aliphatic hydroxyl groups is 1. The lowest BCUT2D eigenvalue weighted by Crippen LogP contribution is -2.39. The number of carbonyl (C=O) groups is 1. The molecule has 120 valence electrons. The molecule has 23 heavy (non-hydrogen) atoms. The Labute approximate surface area is 132 Å². The van der Waals surface area contributed by atoms with Crippen LogP contribution in [0.2, 0.25) is 0 Å². The first kappa shape index (κ1) is 15.4.